The van der Waals surface area contributed by atoms with Crippen molar-refractivity contribution in [3.05, 3.63) is 35.4 Å². The molecule has 1 aromatic rings. The van der Waals surface area contributed by atoms with Gasteiger partial charge in [0.15, 0.2) is 0 Å². The third-order valence-electron chi connectivity index (χ3n) is 5.28. The van der Waals surface area contributed by atoms with E-state index in [1.165, 1.54) is 36.8 Å². The Kier molecular flexibility index (Phi) is 4.90. The van der Waals surface area contributed by atoms with Gasteiger partial charge in [-0.2, -0.15) is 0 Å². The lowest BCUT2D eigenvalue weighted by molar-refractivity contribution is 0.139. The van der Waals surface area contributed by atoms with E-state index < -0.39 is 0 Å². The lowest BCUT2D eigenvalue weighted by Crippen LogP contribution is -2.30. The Morgan fingerprint density at radius 2 is 1.60 bits per heavy atom. The van der Waals surface area contributed by atoms with E-state index in [9.17, 15) is 0 Å². The molecule has 0 aliphatic heterocycles. The third-order valence-corrected chi connectivity index (χ3v) is 5.28. The van der Waals surface area contributed by atoms with E-state index in [-0.39, 0.29) is 6.04 Å². The lowest BCUT2D eigenvalue weighted by atomic mass is 9.68. The minimum Gasteiger partial charge on any atom is -0.324 e. The average Bonchev–Trinajstić information content (AvgIpc) is 2.46. The van der Waals surface area contributed by atoms with Crippen LogP contribution in [0.5, 0.6) is 0 Å². The van der Waals surface area contributed by atoms with Crippen LogP contribution in [0.4, 0.5) is 0 Å². The highest BCUT2D eigenvalue weighted by atomic mass is 14.7. The monoisotopic (exact) mass is 273 g/mol. The molecule has 1 fully saturated rings. The summed E-state index contributed by atoms with van der Waals surface area (Å²) in [4.78, 5) is 0. The van der Waals surface area contributed by atoms with Crippen molar-refractivity contribution in [2.24, 2.45) is 23.0 Å². The maximum atomic E-state index is 6.52. The second kappa shape index (κ2) is 6.30. The summed E-state index contributed by atoms with van der Waals surface area (Å²) in [6.45, 7) is 9.33. The van der Waals surface area contributed by atoms with Gasteiger partial charge in [0, 0.05) is 6.04 Å². The summed E-state index contributed by atoms with van der Waals surface area (Å²) in [6.07, 6.45) is 6.37. The molecule has 2 rings (SSSR count). The maximum absolute atomic E-state index is 6.52. The Morgan fingerprint density at radius 1 is 1.05 bits per heavy atom. The Morgan fingerprint density at radius 3 is 2.05 bits per heavy atom. The second-order valence-corrected chi connectivity index (χ2v) is 7.60. The first-order chi connectivity index (χ1) is 9.41. The van der Waals surface area contributed by atoms with E-state index in [0.717, 1.165) is 12.3 Å². The molecule has 1 saturated carbocycles. The van der Waals surface area contributed by atoms with Gasteiger partial charge in [-0.25, -0.2) is 0 Å². The molecule has 1 atom stereocenters. The predicted molar refractivity (Wildman–Crippen MR) is 87.7 cm³/mol. The summed E-state index contributed by atoms with van der Waals surface area (Å²) in [6, 6.07) is 9.16. The van der Waals surface area contributed by atoms with E-state index in [1.54, 1.807) is 0 Å². The molecular weight excluding hydrogens is 242 g/mol. The van der Waals surface area contributed by atoms with Gasteiger partial charge in [-0.1, -0.05) is 52.0 Å². The average molecular weight is 273 g/mol. The Balaban J connectivity index is 1.95. The predicted octanol–water partition coefficient (Wildman–Crippen LogP) is 5.10. The van der Waals surface area contributed by atoms with E-state index in [1.807, 2.05) is 0 Å². The number of aryl methyl sites for hydroxylation is 1. The van der Waals surface area contributed by atoms with Crippen molar-refractivity contribution in [2.75, 3.05) is 0 Å². The molecule has 112 valence electrons. The van der Waals surface area contributed by atoms with E-state index in [4.69, 9.17) is 5.73 Å². The van der Waals surface area contributed by atoms with Crippen LogP contribution in [0.25, 0.3) is 0 Å². The molecule has 0 aromatic heterocycles. The van der Waals surface area contributed by atoms with Crippen molar-refractivity contribution in [1.29, 1.82) is 0 Å². The van der Waals surface area contributed by atoms with Gasteiger partial charge in [0.2, 0.25) is 0 Å². The fourth-order valence-electron chi connectivity index (χ4n) is 3.59. The highest BCUT2D eigenvalue weighted by Gasteiger charge is 2.32. The second-order valence-electron chi connectivity index (χ2n) is 7.60. The number of hydrogen-bond acceptors (Lipinski definition) is 1. The van der Waals surface area contributed by atoms with Gasteiger partial charge in [-0.05, 0) is 60.5 Å². The summed E-state index contributed by atoms with van der Waals surface area (Å²) in [5, 5.41) is 0. The van der Waals surface area contributed by atoms with Crippen molar-refractivity contribution in [3.8, 4) is 0 Å². The molecule has 0 spiro atoms. The Bertz CT molecular complexity index is 404. The fraction of sp³-hybridized carbons (Fsp3) is 0.684. The molecule has 2 N–H and O–H groups in total. The van der Waals surface area contributed by atoms with E-state index >= 15 is 0 Å². The molecule has 0 radical (unpaired) electrons. The van der Waals surface area contributed by atoms with Gasteiger partial charge in [-0.3, -0.25) is 0 Å². The van der Waals surface area contributed by atoms with Crippen molar-refractivity contribution in [3.63, 3.8) is 0 Å². The molecule has 1 nitrogen and oxygen atoms in total. The molecule has 1 unspecified atom stereocenters. The summed E-state index contributed by atoms with van der Waals surface area (Å²) in [5.41, 5.74) is 9.69. The van der Waals surface area contributed by atoms with Crippen molar-refractivity contribution >= 4 is 0 Å². The lowest BCUT2D eigenvalue weighted by Gasteiger charge is -2.38. The molecular formula is C19H31N. The number of rotatable bonds is 3. The first kappa shape index (κ1) is 15.6. The third kappa shape index (κ3) is 3.63. The van der Waals surface area contributed by atoms with Gasteiger partial charge < -0.3 is 5.73 Å². The summed E-state index contributed by atoms with van der Waals surface area (Å²) < 4.78 is 0. The number of nitrogens with two attached hydrogens (primary N) is 1. The summed E-state index contributed by atoms with van der Waals surface area (Å²) in [7, 11) is 0. The van der Waals surface area contributed by atoms with Crippen molar-refractivity contribution in [2.45, 2.75) is 65.8 Å². The van der Waals surface area contributed by atoms with Crippen LogP contribution in [-0.2, 0) is 6.42 Å². The Labute approximate surface area is 125 Å². The van der Waals surface area contributed by atoms with Crippen LogP contribution in [0.15, 0.2) is 24.3 Å². The molecule has 0 bridgehead atoms. The van der Waals surface area contributed by atoms with Crippen LogP contribution in [-0.4, -0.2) is 0 Å². The minimum absolute atomic E-state index is 0.224. The van der Waals surface area contributed by atoms with E-state index in [2.05, 4.69) is 52.0 Å². The summed E-state index contributed by atoms with van der Waals surface area (Å²) in [5.74, 6) is 1.54. The molecule has 1 heteroatoms. The zero-order chi connectivity index (χ0) is 14.8. The molecule has 1 aliphatic rings. The van der Waals surface area contributed by atoms with Crippen LogP contribution in [0.3, 0.4) is 0 Å². The van der Waals surface area contributed by atoms with Crippen molar-refractivity contribution in [1.82, 2.24) is 0 Å². The van der Waals surface area contributed by atoms with E-state index in [0.29, 0.717) is 11.3 Å². The van der Waals surface area contributed by atoms with Crippen LogP contribution in [0.1, 0.15) is 70.5 Å². The topological polar surface area (TPSA) is 26.0 Å². The first-order valence-corrected chi connectivity index (χ1v) is 8.26. The summed E-state index contributed by atoms with van der Waals surface area (Å²) >= 11 is 0. The molecule has 1 aromatic carbocycles. The Hall–Kier alpha value is -0.820. The number of hydrogen-bond donors (Lipinski definition) is 1. The van der Waals surface area contributed by atoms with Gasteiger partial charge in [-0.15, -0.1) is 0 Å². The zero-order valence-corrected chi connectivity index (χ0v) is 13.7. The minimum atomic E-state index is 0.224. The normalized spacial score (nSPS) is 25.4. The molecule has 1 aliphatic carbocycles. The first-order valence-electron chi connectivity index (χ1n) is 8.26. The van der Waals surface area contributed by atoms with Gasteiger partial charge in [0.1, 0.15) is 0 Å². The maximum Gasteiger partial charge on any atom is 0.0323 e. The van der Waals surface area contributed by atoms with Crippen molar-refractivity contribution < 1.29 is 0 Å². The van der Waals surface area contributed by atoms with Gasteiger partial charge in [0.05, 0.1) is 0 Å². The highest BCUT2D eigenvalue weighted by Crippen LogP contribution is 2.42. The SMILES string of the molecule is CCc1ccc(C(N)C2CCC(C(C)(C)C)CC2)cc1. The van der Waals surface area contributed by atoms with Crippen LogP contribution < -0.4 is 5.73 Å². The quantitative estimate of drug-likeness (QED) is 0.814. The van der Waals surface area contributed by atoms with Crippen LogP contribution in [0, 0.1) is 17.3 Å². The highest BCUT2D eigenvalue weighted by molar-refractivity contribution is 5.25. The molecule has 0 heterocycles. The zero-order valence-electron chi connectivity index (χ0n) is 13.7. The number of benzene rings is 1. The largest absolute Gasteiger partial charge is 0.324 e. The van der Waals surface area contributed by atoms with Gasteiger partial charge in [0.25, 0.3) is 0 Å². The molecule has 0 amide bonds. The smallest absolute Gasteiger partial charge is 0.0323 e. The molecule has 0 saturated heterocycles. The van der Waals surface area contributed by atoms with Gasteiger partial charge >= 0.3 is 0 Å². The van der Waals surface area contributed by atoms with Crippen LogP contribution in [0.2, 0.25) is 0 Å². The standard InChI is InChI=1S/C19H31N/c1-5-14-6-8-15(9-7-14)18(20)16-10-12-17(13-11-16)19(2,3)4/h6-9,16-18H,5,10-13,20H2,1-4H3. The van der Waals surface area contributed by atoms with Crippen LogP contribution >= 0.6 is 0 Å². The molecule has 20 heavy (non-hydrogen) atoms. The fourth-order valence-corrected chi connectivity index (χ4v) is 3.59.